The molecular weight excluding hydrogens is 502 g/mol. The van der Waals surface area contributed by atoms with Crippen LogP contribution in [0, 0.1) is 0 Å². The van der Waals surface area contributed by atoms with Crippen LogP contribution in [-0.4, -0.2) is 45.0 Å². The molecule has 0 saturated heterocycles. The van der Waals surface area contributed by atoms with Crippen LogP contribution >= 0.6 is 11.6 Å². The summed E-state index contributed by atoms with van der Waals surface area (Å²) in [5, 5.41) is 2.97. The molecule has 0 aliphatic rings. The molecule has 180 valence electrons. The number of amides is 1. The Balaban J connectivity index is 1.80. The predicted octanol–water partition coefficient (Wildman–Crippen LogP) is 3.11. The first-order valence-electron chi connectivity index (χ1n) is 9.97. The third kappa shape index (κ3) is 6.22. The molecule has 0 radical (unpaired) electrons. The van der Waals surface area contributed by atoms with E-state index in [-0.39, 0.29) is 28.6 Å². The van der Waals surface area contributed by atoms with Crippen molar-refractivity contribution < 1.29 is 21.6 Å². The van der Waals surface area contributed by atoms with E-state index in [1.807, 2.05) is 0 Å². The summed E-state index contributed by atoms with van der Waals surface area (Å²) < 4.78 is 53.3. The van der Waals surface area contributed by atoms with Gasteiger partial charge in [0.1, 0.15) is 6.04 Å². The van der Waals surface area contributed by atoms with Crippen LogP contribution < -0.4 is 14.3 Å². The van der Waals surface area contributed by atoms with Crippen molar-refractivity contribution in [1.82, 2.24) is 9.97 Å². The molecule has 0 bridgehead atoms. The number of anilines is 3. The standard InChI is InChI=1S/C21H22ClN5O5S2/c1-3-19(27(33(2,29)30)17-7-4-6-15(22)14-17)20(28)25-16-8-10-18(11-9-16)34(31,32)26-21-23-12-5-13-24-21/h4-14,19H,3H2,1-2H3,(H,25,28)(H,23,24,26)/t19-/m0/s1. The summed E-state index contributed by atoms with van der Waals surface area (Å²) in [6.07, 6.45) is 3.99. The second kappa shape index (κ2) is 10.4. The Hall–Kier alpha value is -3.22. The van der Waals surface area contributed by atoms with Gasteiger partial charge in [-0.25, -0.2) is 31.5 Å². The van der Waals surface area contributed by atoms with E-state index in [0.717, 1.165) is 10.6 Å². The monoisotopic (exact) mass is 523 g/mol. The Labute approximate surface area is 203 Å². The number of carbonyl (C=O) groups excluding carboxylic acids is 1. The summed E-state index contributed by atoms with van der Waals surface area (Å²) in [6.45, 7) is 1.68. The molecule has 2 N–H and O–H groups in total. The average molecular weight is 524 g/mol. The van der Waals surface area contributed by atoms with Crippen molar-refractivity contribution in [3.05, 3.63) is 72.0 Å². The second-order valence-electron chi connectivity index (χ2n) is 7.15. The summed E-state index contributed by atoms with van der Waals surface area (Å²) >= 11 is 6.01. The van der Waals surface area contributed by atoms with E-state index in [0.29, 0.717) is 5.02 Å². The highest BCUT2D eigenvalue weighted by Crippen LogP contribution is 2.26. The van der Waals surface area contributed by atoms with E-state index in [1.54, 1.807) is 31.2 Å². The largest absolute Gasteiger partial charge is 0.324 e. The molecule has 0 saturated carbocycles. The van der Waals surface area contributed by atoms with Crippen LogP contribution in [0.2, 0.25) is 5.02 Å². The van der Waals surface area contributed by atoms with Gasteiger partial charge in [-0.3, -0.25) is 9.10 Å². The van der Waals surface area contributed by atoms with E-state index in [1.165, 1.54) is 42.7 Å². The molecule has 10 nitrogen and oxygen atoms in total. The molecule has 0 aliphatic heterocycles. The number of nitrogens with one attached hydrogen (secondary N) is 2. The third-order valence-corrected chi connectivity index (χ3v) is 7.38. The van der Waals surface area contributed by atoms with Crippen LogP contribution in [0.25, 0.3) is 0 Å². The van der Waals surface area contributed by atoms with Crippen molar-refractivity contribution in [3.8, 4) is 0 Å². The number of benzene rings is 2. The first-order valence-corrected chi connectivity index (χ1v) is 13.7. The minimum atomic E-state index is -3.94. The lowest BCUT2D eigenvalue weighted by Gasteiger charge is -2.30. The summed E-state index contributed by atoms with van der Waals surface area (Å²) in [4.78, 5) is 20.6. The molecule has 0 fully saturated rings. The van der Waals surface area contributed by atoms with Gasteiger partial charge in [0, 0.05) is 23.1 Å². The average Bonchev–Trinajstić information content (AvgIpc) is 2.77. The van der Waals surface area contributed by atoms with Crippen molar-refractivity contribution in [2.75, 3.05) is 20.6 Å². The summed E-state index contributed by atoms with van der Waals surface area (Å²) in [6, 6.07) is 12.1. The van der Waals surface area contributed by atoms with Gasteiger partial charge in [-0.15, -0.1) is 0 Å². The molecule has 0 spiro atoms. The lowest BCUT2D eigenvalue weighted by molar-refractivity contribution is -0.117. The highest BCUT2D eigenvalue weighted by atomic mass is 35.5. The maximum Gasteiger partial charge on any atom is 0.264 e. The van der Waals surface area contributed by atoms with Crippen LogP contribution in [0.15, 0.2) is 71.9 Å². The Morgan fingerprint density at radius 2 is 1.68 bits per heavy atom. The van der Waals surface area contributed by atoms with Gasteiger partial charge in [-0.1, -0.05) is 24.6 Å². The number of hydrogen-bond donors (Lipinski definition) is 2. The van der Waals surface area contributed by atoms with Gasteiger partial charge in [0.05, 0.1) is 16.8 Å². The lowest BCUT2D eigenvalue weighted by atomic mass is 10.2. The minimum Gasteiger partial charge on any atom is -0.324 e. The first kappa shape index (κ1) is 25.4. The molecule has 13 heteroatoms. The van der Waals surface area contributed by atoms with Crippen molar-refractivity contribution in [1.29, 1.82) is 0 Å². The van der Waals surface area contributed by atoms with Crippen LogP contribution in [0.1, 0.15) is 13.3 Å². The number of halogens is 1. The number of nitrogens with zero attached hydrogens (tertiary/aromatic N) is 3. The molecule has 0 aliphatic carbocycles. The topological polar surface area (TPSA) is 138 Å². The van der Waals surface area contributed by atoms with Crippen molar-refractivity contribution in [3.63, 3.8) is 0 Å². The van der Waals surface area contributed by atoms with Crippen LogP contribution in [0.4, 0.5) is 17.3 Å². The van der Waals surface area contributed by atoms with Gasteiger partial charge in [-0.2, -0.15) is 0 Å². The normalized spacial score (nSPS) is 12.6. The Morgan fingerprint density at radius 1 is 1.03 bits per heavy atom. The Bertz CT molecular complexity index is 1370. The van der Waals surface area contributed by atoms with Crippen molar-refractivity contribution in [2.24, 2.45) is 0 Å². The fraction of sp³-hybridized carbons (Fsp3) is 0.190. The van der Waals surface area contributed by atoms with Gasteiger partial charge >= 0.3 is 0 Å². The van der Waals surface area contributed by atoms with Crippen LogP contribution in [0.3, 0.4) is 0 Å². The van der Waals surface area contributed by atoms with Gasteiger partial charge in [0.25, 0.3) is 10.0 Å². The van der Waals surface area contributed by atoms with E-state index >= 15 is 0 Å². The second-order valence-corrected chi connectivity index (χ2v) is 11.1. The molecule has 1 amide bonds. The summed E-state index contributed by atoms with van der Waals surface area (Å²) in [5.74, 6) is -0.660. The van der Waals surface area contributed by atoms with Gasteiger partial charge in [0.2, 0.25) is 21.9 Å². The smallest absolute Gasteiger partial charge is 0.264 e. The molecule has 1 atom stereocenters. The van der Waals surface area contributed by atoms with Gasteiger partial charge in [0.15, 0.2) is 0 Å². The molecule has 0 unspecified atom stereocenters. The minimum absolute atomic E-state index is 0.0679. The Kier molecular flexibility index (Phi) is 7.75. The highest BCUT2D eigenvalue weighted by molar-refractivity contribution is 7.92. The SMILES string of the molecule is CC[C@@H](C(=O)Nc1ccc(S(=O)(=O)Nc2ncccn2)cc1)N(c1cccc(Cl)c1)S(C)(=O)=O. The lowest BCUT2D eigenvalue weighted by Crippen LogP contribution is -2.47. The molecule has 2 aromatic carbocycles. The number of rotatable bonds is 9. The number of hydrogen-bond acceptors (Lipinski definition) is 7. The number of aromatic nitrogens is 2. The molecule has 1 heterocycles. The van der Waals surface area contributed by atoms with Gasteiger partial charge < -0.3 is 5.32 Å². The van der Waals surface area contributed by atoms with E-state index in [9.17, 15) is 21.6 Å². The van der Waals surface area contributed by atoms with Crippen molar-refractivity contribution >= 4 is 54.9 Å². The summed E-state index contributed by atoms with van der Waals surface area (Å²) in [5.41, 5.74) is 0.547. The van der Waals surface area contributed by atoms with E-state index in [2.05, 4.69) is 20.0 Å². The molecule has 3 aromatic rings. The predicted molar refractivity (Wildman–Crippen MR) is 131 cm³/mol. The molecule has 34 heavy (non-hydrogen) atoms. The fourth-order valence-electron chi connectivity index (χ4n) is 3.15. The zero-order valence-corrected chi connectivity index (χ0v) is 20.6. The Morgan fingerprint density at radius 3 is 2.24 bits per heavy atom. The summed E-state index contributed by atoms with van der Waals surface area (Å²) in [7, 11) is -7.76. The van der Waals surface area contributed by atoms with Crippen molar-refractivity contribution in [2.45, 2.75) is 24.3 Å². The quantitative estimate of drug-likeness (QED) is 0.439. The zero-order chi connectivity index (χ0) is 24.9. The number of sulfonamides is 2. The zero-order valence-electron chi connectivity index (χ0n) is 18.2. The van der Waals surface area contributed by atoms with Crippen LogP contribution in [0.5, 0.6) is 0 Å². The third-order valence-electron chi connectivity index (χ3n) is 4.62. The van der Waals surface area contributed by atoms with Gasteiger partial charge in [-0.05, 0) is 55.0 Å². The molecular formula is C21H22ClN5O5S2. The molecule has 3 rings (SSSR count). The maximum atomic E-state index is 13.0. The van der Waals surface area contributed by atoms with E-state index in [4.69, 9.17) is 11.6 Å². The first-order chi connectivity index (χ1) is 16.0. The highest BCUT2D eigenvalue weighted by Gasteiger charge is 2.31. The fourth-order valence-corrected chi connectivity index (χ4v) is 5.49. The van der Waals surface area contributed by atoms with E-state index < -0.39 is 32.0 Å². The molecule has 1 aromatic heterocycles. The maximum absolute atomic E-state index is 13.0. The number of carbonyl (C=O) groups is 1. The van der Waals surface area contributed by atoms with Crippen LogP contribution in [-0.2, 0) is 24.8 Å².